The van der Waals surface area contributed by atoms with Gasteiger partial charge in [-0.1, -0.05) is 30.3 Å². The average molecular weight is 230 g/mol. The Morgan fingerprint density at radius 2 is 2.00 bits per heavy atom. The van der Waals surface area contributed by atoms with E-state index in [-0.39, 0.29) is 5.97 Å². The molecule has 0 aliphatic carbocycles. The van der Waals surface area contributed by atoms with Gasteiger partial charge in [-0.3, -0.25) is 0 Å². The van der Waals surface area contributed by atoms with Crippen LogP contribution < -0.4 is 0 Å². The Morgan fingerprint density at radius 1 is 1.29 bits per heavy atom. The van der Waals surface area contributed by atoms with Gasteiger partial charge in [-0.2, -0.15) is 0 Å². The van der Waals surface area contributed by atoms with Crippen LogP contribution in [0.3, 0.4) is 0 Å². The zero-order valence-electron chi connectivity index (χ0n) is 9.88. The molecule has 0 amide bonds. The summed E-state index contributed by atoms with van der Waals surface area (Å²) in [6.07, 6.45) is 2.19. The molecule has 1 aromatic rings. The summed E-state index contributed by atoms with van der Waals surface area (Å²) in [5.41, 5.74) is 1.42. The molecule has 2 rings (SSSR count). The van der Waals surface area contributed by atoms with E-state index in [1.807, 2.05) is 44.4 Å². The van der Waals surface area contributed by atoms with Crippen LogP contribution in [-0.4, -0.2) is 30.9 Å². The summed E-state index contributed by atoms with van der Waals surface area (Å²) in [6, 6.07) is 9.80. The number of aliphatic imine (C=N–C) groups is 1. The second-order valence-corrected chi connectivity index (χ2v) is 4.04. The molecule has 0 radical (unpaired) electrons. The van der Waals surface area contributed by atoms with Crippen molar-refractivity contribution in [1.82, 2.24) is 4.90 Å². The number of carbonyl (C=O) groups excluding carboxylic acids is 1. The summed E-state index contributed by atoms with van der Waals surface area (Å²) in [7, 11) is 3.68. The molecule has 0 aromatic heterocycles. The first kappa shape index (κ1) is 11.4. The van der Waals surface area contributed by atoms with Crippen LogP contribution in [0.5, 0.6) is 0 Å². The van der Waals surface area contributed by atoms with Crippen molar-refractivity contribution >= 4 is 11.9 Å². The van der Waals surface area contributed by atoms with E-state index in [2.05, 4.69) is 4.99 Å². The fourth-order valence-corrected chi connectivity index (χ4v) is 1.53. The van der Waals surface area contributed by atoms with Gasteiger partial charge in [-0.05, 0) is 5.56 Å². The monoisotopic (exact) mass is 230 g/mol. The third-order valence-corrected chi connectivity index (χ3v) is 2.24. The van der Waals surface area contributed by atoms with Gasteiger partial charge in [-0.15, -0.1) is 0 Å². The van der Waals surface area contributed by atoms with Crippen molar-refractivity contribution in [1.29, 1.82) is 0 Å². The normalized spacial score (nSPS) is 16.9. The first-order valence-corrected chi connectivity index (χ1v) is 5.37. The maximum Gasteiger partial charge on any atom is 0.365 e. The number of ether oxygens (including phenoxy) is 1. The van der Waals surface area contributed by atoms with Crippen LogP contribution in [0.25, 0.3) is 0 Å². The van der Waals surface area contributed by atoms with Crippen LogP contribution in [0.15, 0.2) is 47.2 Å². The number of esters is 1. The van der Waals surface area contributed by atoms with Gasteiger partial charge in [0.25, 0.3) is 0 Å². The summed E-state index contributed by atoms with van der Waals surface area (Å²) in [4.78, 5) is 17.4. The number of rotatable bonds is 3. The number of nitrogens with zero attached hydrogens (tertiary/aromatic N) is 2. The lowest BCUT2D eigenvalue weighted by Gasteiger charge is -2.02. The van der Waals surface area contributed by atoms with E-state index in [0.29, 0.717) is 18.0 Å². The van der Waals surface area contributed by atoms with Crippen LogP contribution >= 0.6 is 0 Å². The lowest BCUT2D eigenvalue weighted by molar-refractivity contribution is -0.130. The minimum absolute atomic E-state index is 0.348. The van der Waals surface area contributed by atoms with Gasteiger partial charge in [0.2, 0.25) is 5.90 Å². The third kappa shape index (κ3) is 2.93. The highest BCUT2D eigenvalue weighted by Crippen LogP contribution is 2.14. The first-order valence-electron chi connectivity index (χ1n) is 5.37. The molecule has 4 heteroatoms. The fourth-order valence-electron chi connectivity index (χ4n) is 1.53. The molecule has 1 aliphatic rings. The van der Waals surface area contributed by atoms with Crippen LogP contribution in [-0.2, 0) is 16.0 Å². The summed E-state index contributed by atoms with van der Waals surface area (Å²) in [6.45, 7) is 0. The van der Waals surface area contributed by atoms with E-state index < -0.39 is 0 Å². The molecule has 0 atom stereocenters. The molecule has 0 spiro atoms. The Hall–Kier alpha value is -2.10. The summed E-state index contributed by atoms with van der Waals surface area (Å²) < 4.78 is 5.09. The molecular weight excluding hydrogens is 216 g/mol. The molecule has 0 unspecified atom stereocenters. The van der Waals surface area contributed by atoms with Gasteiger partial charge in [0, 0.05) is 26.7 Å². The van der Waals surface area contributed by atoms with E-state index in [1.54, 1.807) is 11.1 Å². The van der Waals surface area contributed by atoms with Crippen molar-refractivity contribution in [3.63, 3.8) is 0 Å². The van der Waals surface area contributed by atoms with Gasteiger partial charge in [0.15, 0.2) is 5.70 Å². The molecule has 0 bridgehead atoms. The fraction of sp³-hybridized carbons (Fsp3) is 0.231. The summed E-state index contributed by atoms with van der Waals surface area (Å²) >= 11 is 0. The molecule has 4 nitrogen and oxygen atoms in total. The molecule has 0 saturated heterocycles. The number of hydrogen-bond acceptors (Lipinski definition) is 4. The summed E-state index contributed by atoms with van der Waals surface area (Å²) in [5, 5.41) is 0. The number of benzene rings is 1. The van der Waals surface area contributed by atoms with Crippen molar-refractivity contribution in [2.75, 3.05) is 14.1 Å². The molecule has 1 aromatic carbocycles. The maximum atomic E-state index is 11.5. The second kappa shape index (κ2) is 4.82. The van der Waals surface area contributed by atoms with Crippen molar-refractivity contribution in [2.45, 2.75) is 6.42 Å². The van der Waals surface area contributed by atoms with Crippen LogP contribution in [0, 0.1) is 0 Å². The predicted octanol–water partition coefficient (Wildman–Crippen LogP) is 1.59. The molecular formula is C13H14N2O2. The predicted molar refractivity (Wildman–Crippen MR) is 65.4 cm³/mol. The van der Waals surface area contributed by atoms with Crippen molar-refractivity contribution in [2.24, 2.45) is 4.99 Å². The Bertz CT molecular complexity index is 475. The molecule has 0 N–H and O–H groups in total. The Morgan fingerprint density at radius 3 is 2.65 bits per heavy atom. The van der Waals surface area contributed by atoms with E-state index in [1.165, 1.54) is 0 Å². The highest BCUT2D eigenvalue weighted by atomic mass is 16.6. The van der Waals surface area contributed by atoms with E-state index in [0.717, 1.165) is 5.56 Å². The Labute approximate surface area is 100 Å². The lowest BCUT2D eigenvalue weighted by Crippen LogP contribution is -2.08. The second-order valence-electron chi connectivity index (χ2n) is 4.04. The summed E-state index contributed by atoms with van der Waals surface area (Å²) in [5.74, 6) is 0.0685. The van der Waals surface area contributed by atoms with Crippen molar-refractivity contribution in [3.8, 4) is 0 Å². The Balaban J connectivity index is 2.12. The van der Waals surface area contributed by atoms with Crippen molar-refractivity contribution < 1.29 is 9.53 Å². The largest absolute Gasteiger partial charge is 0.406 e. The molecule has 0 saturated carbocycles. The van der Waals surface area contributed by atoms with Gasteiger partial charge in [0.1, 0.15) is 0 Å². The van der Waals surface area contributed by atoms with Gasteiger partial charge < -0.3 is 9.64 Å². The van der Waals surface area contributed by atoms with Gasteiger partial charge in [0.05, 0.1) is 0 Å². The first-order chi connectivity index (χ1) is 8.15. The molecule has 88 valence electrons. The van der Waals surface area contributed by atoms with E-state index in [4.69, 9.17) is 4.74 Å². The van der Waals surface area contributed by atoms with Gasteiger partial charge >= 0.3 is 5.97 Å². The van der Waals surface area contributed by atoms with Crippen LogP contribution in [0.2, 0.25) is 0 Å². The molecule has 17 heavy (non-hydrogen) atoms. The third-order valence-electron chi connectivity index (χ3n) is 2.24. The topological polar surface area (TPSA) is 41.9 Å². The zero-order valence-corrected chi connectivity index (χ0v) is 9.88. The SMILES string of the molecule is CN(C)C=C1N=C(Cc2ccccc2)OC1=O. The highest BCUT2D eigenvalue weighted by Gasteiger charge is 2.22. The van der Waals surface area contributed by atoms with E-state index >= 15 is 0 Å². The minimum Gasteiger partial charge on any atom is -0.406 e. The lowest BCUT2D eigenvalue weighted by atomic mass is 10.1. The Kier molecular flexibility index (Phi) is 3.23. The molecule has 0 fully saturated rings. The van der Waals surface area contributed by atoms with Crippen LogP contribution in [0.4, 0.5) is 0 Å². The standard InChI is InChI=1S/C13H14N2O2/c1-15(2)9-11-13(16)17-12(14-11)8-10-6-4-3-5-7-10/h3-7,9H,8H2,1-2H3. The van der Waals surface area contributed by atoms with Crippen LogP contribution in [0.1, 0.15) is 5.56 Å². The van der Waals surface area contributed by atoms with Crippen molar-refractivity contribution in [3.05, 3.63) is 47.8 Å². The number of hydrogen-bond donors (Lipinski definition) is 0. The average Bonchev–Trinajstić information content (AvgIpc) is 2.59. The highest BCUT2D eigenvalue weighted by molar-refractivity contribution is 6.04. The minimum atomic E-state index is -0.385. The smallest absolute Gasteiger partial charge is 0.365 e. The molecule has 1 aliphatic heterocycles. The zero-order chi connectivity index (χ0) is 12.3. The maximum absolute atomic E-state index is 11.5. The quantitative estimate of drug-likeness (QED) is 0.585. The molecule has 1 heterocycles. The van der Waals surface area contributed by atoms with E-state index in [9.17, 15) is 4.79 Å². The number of cyclic esters (lactones) is 1. The number of carbonyl (C=O) groups is 1. The van der Waals surface area contributed by atoms with Gasteiger partial charge in [-0.25, -0.2) is 9.79 Å².